The fourth-order valence-corrected chi connectivity index (χ4v) is 3.00. The maximum Gasteiger partial charge on any atom is 0.167 e. The van der Waals surface area contributed by atoms with E-state index in [1.54, 1.807) is 0 Å². The monoisotopic (exact) mass is 244 g/mol. The Labute approximate surface area is 111 Å². The smallest absolute Gasteiger partial charge is 0.167 e. The minimum Gasteiger partial charge on any atom is -0.294 e. The van der Waals surface area contributed by atoms with Crippen LogP contribution < -0.4 is 0 Å². The quantitative estimate of drug-likeness (QED) is 0.625. The predicted octanol–water partition coefficient (Wildman–Crippen LogP) is 4.25. The molecule has 0 aliphatic heterocycles. The van der Waals surface area contributed by atoms with E-state index in [1.165, 1.54) is 16.5 Å². The van der Waals surface area contributed by atoms with Gasteiger partial charge in [-0.15, -0.1) is 0 Å². The average Bonchev–Trinajstić information content (AvgIpc) is 2.79. The van der Waals surface area contributed by atoms with E-state index in [0.29, 0.717) is 6.42 Å². The van der Waals surface area contributed by atoms with Crippen LogP contribution in [0.5, 0.6) is 0 Å². The highest BCUT2D eigenvalue weighted by atomic mass is 16.1. The van der Waals surface area contributed by atoms with Crippen LogP contribution in [0.25, 0.3) is 21.9 Å². The third kappa shape index (κ3) is 1.45. The number of hydrogen-bond acceptors (Lipinski definition) is 1. The molecule has 0 saturated carbocycles. The summed E-state index contributed by atoms with van der Waals surface area (Å²) in [7, 11) is 0. The highest BCUT2D eigenvalue weighted by molar-refractivity contribution is 6.18. The fraction of sp³-hybridized carbons (Fsp3) is 0.0556. The van der Waals surface area contributed by atoms with Gasteiger partial charge in [0.05, 0.1) is 0 Å². The molecule has 3 aromatic carbocycles. The molecule has 0 saturated heterocycles. The molecular formula is C18H12O. The number of rotatable bonds is 1. The van der Waals surface area contributed by atoms with Crippen molar-refractivity contribution >= 4 is 16.6 Å². The summed E-state index contributed by atoms with van der Waals surface area (Å²) in [6.07, 6.45) is 0.547. The molecule has 1 nitrogen and oxygen atoms in total. The lowest BCUT2D eigenvalue weighted by molar-refractivity contribution is 0.1000. The second kappa shape index (κ2) is 3.79. The molecule has 0 spiro atoms. The topological polar surface area (TPSA) is 17.1 Å². The third-order valence-electron chi connectivity index (χ3n) is 3.86. The number of benzene rings is 3. The molecule has 1 heteroatoms. The first-order chi connectivity index (χ1) is 9.34. The van der Waals surface area contributed by atoms with Crippen LogP contribution in [0.2, 0.25) is 0 Å². The summed E-state index contributed by atoms with van der Waals surface area (Å²) in [6, 6.07) is 20.6. The molecule has 0 fully saturated rings. The van der Waals surface area contributed by atoms with Crippen molar-refractivity contribution in [2.45, 2.75) is 6.42 Å². The van der Waals surface area contributed by atoms with Gasteiger partial charge in [-0.05, 0) is 27.5 Å². The molecule has 0 N–H and O–H groups in total. The van der Waals surface area contributed by atoms with Crippen molar-refractivity contribution in [3.05, 3.63) is 71.8 Å². The van der Waals surface area contributed by atoms with Crippen LogP contribution in [0.4, 0.5) is 0 Å². The summed E-state index contributed by atoms with van der Waals surface area (Å²) in [4.78, 5) is 12.0. The maximum atomic E-state index is 12.0. The molecule has 19 heavy (non-hydrogen) atoms. The molecule has 0 atom stereocenters. The lowest BCUT2D eigenvalue weighted by Crippen LogP contribution is -1.92. The van der Waals surface area contributed by atoms with Gasteiger partial charge < -0.3 is 0 Å². The predicted molar refractivity (Wildman–Crippen MR) is 77.4 cm³/mol. The Hall–Kier alpha value is -2.41. The Balaban J connectivity index is 2.11. The normalized spacial score (nSPS) is 13.2. The zero-order valence-electron chi connectivity index (χ0n) is 10.4. The second-order valence-corrected chi connectivity index (χ2v) is 4.97. The number of Topliss-reactive ketones (excluding diaryl/α,β-unsaturated/α-hetero) is 1. The first kappa shape index (κ1) is 10.5. The lowest BCUT2D eigenvalue weighted by Gasteiger charge is -2.08. The van der Waals surface area contributed by atoms with E-state index in [4.69, 9.17) is 0 Å². The van der Waals surface area contributed by atoms with Crippen molar-refractivity contribution in [2.75, 3.05) is 0 Å². The first-order valence-electron chi connectivity index (χ1n) is 6.48. The Morgan fingerprint density at radius 2 is 1.58 bits per heavy atom. The second-order valence-electron chi connectivity index (χ2n) is 4.97. The van der Waals surface area contributed by atoms with Gasteiger partial charge in [0.2, 0.25) is 0 Å². The minimum atomic E-state index is 0.241. The summed E-state index contributed by atoms with van der Waals surface area (Å²) in [5, 5.41) is 2.33. The summed E-state index contributed by atoms with van der Waals surface area (Å²) < 4.78 is 0. The van der Waals surface area contributed by atoms with Gasteiger partial charge in [-0.3, -0.25) is 4.79 Å². The summed E-state index contributed by atoms with van der Waals surface area (Å²) in [6.45, 7) is 0. The van der Waals surface area contributed by atoms with E-state index in [9.17, 15) is 4.79 Å². The molecule has 0 radical (unpaired) electrons. The van der Waals surface area contributed by atoms with Crippen molar-refractivity contribution < 1.29 is 4.79 Å². The molecule has 0 bridgehead atoms. The molecule has 3 aromatic rings. The van der Waals surface area contributed by atoms with Crippen molar-refractivity contribution in [3.8, 4) is 11.1 Å². The molecule has 1 aliphatic rings. The molecular weight excluding hydrogens is 232 g/mol. The van der Waals surface area contributed by atoms with E-state index >= 15 is 0 Å². The largest absolute Gasteiger partial charge is 0.294 e. The number of carbonyl (C=O) groups excluding carboxylic acids is 1. The Morgan fingerprint density at radius 1 is 0.737 bits per heavy atom. The summed E-state index contributed by atoms with van der Waals surface area (Å²) >= 11 is 0. The number of carbonyl (C=O) groups is 1. The van der Waals surface area contributed by atoms with Crippen LogP contribution in [0.3, 0.4) is 0 Å². The minimum absolute atomic E-state index is 0.241. The van der Waals surface area contributed by atoms with Gasteiger partial charge in [-0.25, -0.2) is 0 Å². The molecule has 90 valence electrons. The molecule has 4 rings (SSSR count). The standard InChI is InChI=1S/C18H12O/c19-17-11-13-9-10-14(12-5-2-1-3-6-12)15-7-4-8-16(17)18(13)15/h1-10H,11H2. The molecule has 1 aliphatic carbocycles. The van der Waals surface area contributed by atoms with Crippen LogP contribution in [-0.2, 0) is 6.42 Å². The molecule has 0 unspecified atom stereocenters. The van der Waals surface area contributed by atoms with Gasteiger partial charge in [0, 0.05) is 12.0 Å². The van der Waals surface area contributed by atoms with Crippen molar-refractivity contribution in [3.63, 3.8) is 0 Å². The zero-order chi connectivity index (χ0) is 12.8. The maximum absolute atomic E-state index is 12.0. The van der Waals surface area contributed by atoms with Crippen molar-refractivity contribution in [2.24, 2.45) is 0 Å². The summed E-state index contributed by atoms with van der Waals surface area (Å²) in [5.74, 6) is 0.241. The van der Waals surface area contributed by atoms with Crippen LogP contribution in [0.15, 0.2) is 60.7 Å². The van der Waals surface area contributed by atoms with Gasteiger partial charge in [0.25, 0.3) is 0 Å². The van der Waals surface area contributed by atoms with Gasteiger partial charge in [0.15, 0.2) is 5.78 Å². The Kier molecular flexibility index (Phi) is 2.10. The Morgan fingerprint density at radius 3 is 2.42 bits per heavy atom. The third-order valence-corrected chi connectivity index (χ3v) is 3.86. The van der Waals surface area contributed by atoms with Crippen molar-refractivity contribution in [1.82, 2.24) is 0 Å². The molecule has 0 aromatic heterocycles. The Bertz CT molecular complexity index is 801. The lowest BCUT2D eigenvalue weighted by atomic mass is 9.95. The zero-order valence-corrected chi connectivity index (χ0v) is 10.4. The van der Waals surface area contributed by atoms with E-state index in [-0.39, 0.29) is 5.78 Å². The van der Waals surface area contributed by atoms with Crippen molar-refractivity contribution in [1.29, 1.82) is 0 Å². The molecule has 0 heterocycles. The van der Waals surface area contributed by atoms with Gasteiger partial charge in [-0.2, -0.15) is 0 Å². The van der Waals surface area contributed by atoms with Gasteiger partial charge in [0.1, 0.15) is 0 Å². The van der Waals surface area contributed by atoms with Crippen LogP contribution in [0, 0.1) is 0 Å². The molecule has 0 amide bonds. The van der Waals surface area contributed by atoms with E-state index in [0.717, 1.165) is 16.5 Å². The average molecular weight is 244 g/mol. The van der Waals surface area contributed by atoms with E-state index in [2.05, 4.69) is 30.3 Å². The highest BCUT2D eigenvalue weighted by Crippen LogP contribution is 2.36. The van der Waals surface area contributed by atoms with Crippen LogP contribution >= 0.6 is 0 Å². The highest BCUT2D eigenvalue weighted by Gasteiger charge is 2.22. The van der Waals surface area contributed by atoms with E-state index in [1.807, 2.05) is 30.3 Å². The first-order valence-corrected chi connectivity index (χ1v) is 6.48. The van der Waals surface area contributed by atoms with Gasteiger partial charge in [-0.1, -0.05) is 60.7 Å². The summed E-state index contributed by atoms with van der Waals surface area (Å²) in [5.41, 5.74) is 4.45. The number of ketones is 1. The SMILES string of the molecule is O=C1Cc2ccc(-c3ccccc3)c3cccc1c23. The fourth-order valence-electron chi connectivity index (χ4n) is 3.00. The van der Waals surface area contributed by atoms with E-state index < -0.39 is 0 Å². The van der Waals surface area contributed by atoms with Gasteiger partial charge >= 0.3 is 0 Å². The van der Waals surface area contributed by atoms with Crippen LogP contribution in [-0.4, -0.2) is 5.78 Å². The number of hydrogen-bond donors (Lipinski definition) is 0. The van der Waals surface area contributed by atoms with Crippen LogP contribution in [0.1, 0.15) is 15.9 Å².